The number of carbonyl (C=O) groups is 2. The third-order valence-electron chi connectivity index (χ3n) is 5.03. The molecule has 0 saturated carbocycles. The molecule has 0 spiro atoms. The molecule has 1 aromatic heterocycles. The molecule has 0 saturated heterocycles. The first-order valence-corrected chi connectivity index (χ1v) is 13.5. The van der Waals surface area contributed by atoms with Gasteiger partial charge in [-0.1, -0.05) is 28.1 Å². The summed E-state index contributed by atoms with van der Waals surface area (Å²) in [6.07, 6.45) is 1.50. The number of aromatic carboxylic acids is 1. The lowest BCUT2D eigenvalue weighted by Crippen LogP contribution is -2.16. The number of ether oxygens (including phenoxy) is 2. The number of hydrazone groups is 1. The molecule has 0 bridgehead atoms. The molecule has 190 valence electrons. The molecule has 11 heteroatoms. The molecule has 0 radical (unpaired) electrons. The van der Waals surface area contributed by atoms with Gasteiger partial charge in [-0.2, -0.15) is 5.10 Å². The molecular formula is C26H19Br2IN2O6. The highest BCUT2D eigenvalue weighted by molar-refractivity contribution is 14.1. The smallest absolute Gasteiger partial charge is 0.335 e. The van der Waals surface area contributed by atoms with E-state index < -0.39 is 11.9 Å². The molecule has 3 aromatic carbocycles. The van der Waals surface area contributed by atoms with Gasteiger partial charge in [0.1, 0.15) is 12.2 Å². The Morgan fingerprint density at radius 1 is 1.14 bits per heavy atom. The van der Waals surface area contributed by atoms with E-state index in [4.69, 9.17) is 13.9 Å². The highest BCUT2D eigenvalue weighted by atomic mass is 127. The predicted octanol–water partition coefficient (Wildman–Crippen LogP) is 7.00. The van der Waals surface area contributed by atoms with Crippen LogP contribution in [0.2, 0.25) is 0 Å². The Bertz CT molecular complexity index is 1520. The highest BCUT2D eigenvalue weighted by Gasteiger charge is 2.15. The maximum atomic E-state index is 12.5. The lowest BCUT2D eigenvalue weighted by atomic mass is 10.1. The number of hydrogen-bond donors (Lipinski definition) is 2. The van der Waals surface area contributed by atoms with Crippen molar-refractivity contribution in [3.63, 3.8) is 0 Å². The lowest BCUT2D eigenvalue weighted by molar-refractivity contribution is 0.0696. The van der Waals surface area contributed by atoms with Crippen molar-refractivity contribution in [2.24, 2.45) is 5.10 Å². The first-order valence-electron chi connectivity index (χ1n) is 10.9. The number of carboxylic acid groups (broad SMARTS) is 1. The SMILES string of the molecule is CCOc1cc(/C=N\NC(=O)c2cc3cc(Br)cc(Br)c3o2)cc(I)c1OCc1cccc(C(=O)O)c1. The number of furan rings is 1. The molecule has 0 atom stereocenters. The number of hydrogen-bond acceptors (Lipinski definition) is 6. The maximum Gasteiger partial charge on any atom is 0.335 e. The van der Waals surface area contributed by atoms with Gasteiger partial charge in [0.15, 0.2) is 17.3 Å². The Morgan fingerprint density at radius 3 is 2.70 bits per heavy atom. The molecule has 4 aromatic rings. The number of rotatable bonds is 9. The van der Waals surface area contributed by atoms with Crippen LogP contribution in [-0.4, -0.2) is 29.8 Å². The zero-order valence-corrected chi connectivity index (χ0v) is 24.6. The third-order valence-corrected chi connectivity index (χ3v) is 6.88. The van der Waals surface area contributed by atoms with Gasteiger partial charge in [-0.25, -0.2) is 10.2 Å². The van der Waals surface area contributed by atoms with Gasteiger partial charge in [-0.05, 0) is 99.0 Å². The van der Waals surface area contributed by atoms with Crippen molar-refractivity contribution in [1.29, 1.82) is 0 Å². The van der Waals surface area contributed by atoms with E-state index in [9.17, 15) is 14.7 Å². The van der Waals surface area contributed by atoms with Crippen LogP contribution in [0.3, 0.4) is 0 Å². The van der Waals surface area contributed by atoms with Crippen LogP contribution in [0.1, 0.15) is 39.0 Å². The monoisotopic (exact) mass is 740 g/mol. The number of nitrogens with one attached hydrogen (secondary N) is 1. The average molecular weight is 742 g/mol. The van der Waals surface area contributed by atoms with Crippen LogP contribution in [0.4, 0.5) is 0 Å². The van der Waals surface area contributed by atoms with E-state index in [0.717, 1.165) is 23.5 Å². The van der Waals surface area contributed by atoms with Crippen LogP contribution in [0.25, 0.3) is 11.0 Å². The summed E-state index contributed by atoms with van der Waals surface area (Å²) in [4.78, 5) is 23.8. The van der Waals surface area contributed by atoms with Gasteiger partial charge >= 0.3 is 11.9 Å². The number of nitrogens with zero attached hydrogens (tertiary/aromatic N) is 1. The van der Waals surface area contributed by atoms with Gasteiger partial charge in [-0.15, -0.1) is 0 Å². The first-order chi connectivity index (χ1) is 17.7. The van der Waals surface area contributed by atoms with E-state index in [1.165, 1.54) is 12.3 Å². The number of halogens is 3. The Hall–Kier alpha value is -2.90. The molecule has 0 fully saturated rings. The van der Waals surface area contributed by atoms with Crippen molar-refractivity contribution in [3.05, 3.63) is 89.6 Å². The molecule has 1 amide bonds. The molecular weight excluding hydrogens is 723 g/mol. The maximum absolute atomic E-state index is 12.5. The highest BCUT2D eigenvalue weighted by Crippen LogP contribution is 2.35. The fourth-order valence-electron chi connectivity index (χ4n) is 3.42. The minimum absolute atomic E-state index is 0.131. The molecule has 0 unspecified atom stereocenters. The van der Waals surface area contributed by atoms with Crippen molar-refractivity contribution in [1.82, 2.24) is 5.43 Å². The number of carbonyl (C=O) groups excluding carboxylic acids is 1. The molecule has 1 heterocycles. The summed E-state index contributed by atoms with van der Waals surface area (Å²) in [6.45, 7) is 2.44. The summed E-state index contributed by atoms with van der Waals surface area (Å²) in [7, 11) is 0. The Morgan fingerprint density at radius 2 is 1.95 bits per heavy atom. The predicted molar refractivity (Wildman–Crippen MR) is 155 cm³/mol. The van der Waals surface area contributed by atoms with Crippen molar-refractivity contribution < 1.29 is 28.6 Å². The summed E-state index contributed by atoms with van der Waals surface area (Å²) in [5.74, 6) is -0.318. The number of amides is 1. The number of fused-ring (bicyclic) bond motifs is 1. The van der Waals surface area contributed by atoms with Crippen LogP contribution in [0.5, 0.6) is 11.5 Å². The normalized spacial score (nSPS) is 11.1. The van der Waals surface area contributed by atoms with Crippen LogP contribution >= 0.6 is 54.5 Å². The lowest BCUT2D eigenvalue weighted by Gasteiger charge is -2.15. The second kappa shape index (κ2) is 12.1. The quantitative estimate of drug-likeness (QED) is 0.109. The molecule has 4 rings (SSSR count). The minimum atomic E-state index is -0.997. The van der Waals surface area contributed by atoms with Crippen molar-refractivity contribution in [2.45, 2.75) is 13.5 Å². The van der Waals surface area contributed by atoms with Gasteiger partial charge in [0.2, 0.25) is 0 Å². The second-order valence-corrected chi connectivity index (χ2v) is 10.6. The fraction of sp³-hybridized carbons (Fsp3) is 0.115. The van der Waals surface area contributed by atoms with Crippen molar-refractivity contribution >= 4 is 83.5 Å². The van der Waals surface area contributed by atoms with Gasteiger partial charge in [0.05, 0.1) is 26.4 Å². The molecule has 0 aliphatic carbocycles. The van der Waals surface area contributed by atoms with Gasteiger partial charge in [0, 0.05) is 9.86 Å². The zero-order valence-electron chi connectivity index (χ0n) is 19.3. The topological polar surface area (TPSA) is 110 Å². The fourth-order valence-corrected chi connectivity index (χ4v) is 5.54. The minimum Gasteiger partial charge on any atom is -0.490 e. The van der Waals surface area contributed by atoms with E-state index in [0.29, 0.717) is 29.3 Å². The number of benzene rings is 3. The van der Waals surface area contributed by atoms with E-state index >= 15 is 0 Å². The average Bonchev–Trinajstić information content (AvgIpc) is 3.28. The summed E-state index contributed by atoms with van der Waals surface area (Å²) in [6, 6.07) is 15.5. The van der Waals surface area contributed by atoms with E-state index in [1.807, 2.05) is 25.1 Å². The first kappa shape index (κ1) is 27.1. The van der Waals surface area contributed by atoms with E-state index in [-0.39, 0.29) is 17.9 Å². The van der Waals surface area contributed by atoms with Gasteiger partial charge in [0.25, 0.3) is 0 Å². The van der Waals surface area contributed by atoms with Crippen molar-refractivity contribution in [2.75, 3.05) is 6.61 Å². The van der Waals surface area contributed by atoms with E-state index in [1.54, 1.807) is 30.3 Å². The molecule has 0 aliphatic rings. The standard InChI is InChI=1S/C26H19Br2IN2O6/c1-2-35-21-8-15(7-20(29)24(21)36-13-14-4-3-5-16(6-14)26(33)34)12-30-31-25(32)22-10-17-9-18(27)11-19(28)23(17)37-22/h3-12H,2,13H2,1H3,(H,31,32)(H,33,34)/b30-12-. The third kappa shape index (κ3) is 6.70. The van der Waals surface area contributed by atoms with Gasteiger partial charge < -0.3 is 19.0 Å². The summed E-state index contributed by atoms with van der Waals surface area (Å²) in [5, 5.41) is 14.0. The molecule has 2 N–H and O–H groups in total. The summed E-state index contributed by atoms with van der Waals surface area (Å²) in [5.41, 5.74) is 4.64. The van der Waals surface area contributed by atoms with Crippen LogP contribution < -0.4 is 14.9 Å². The Labute approximate surface area is 242 Å². The zero-order chi connectivity index (χ0) is 26.5. The van der Waals surface area contributed by atoms with Crippen LogP contribution in [0.15, 0.2) is 73.1 Å². The Balaban J connectivity index is 1.48. The number of carboxylic acids is 1. The Kier molecular flexibility index (Phi) is 8.87. The summed E-state index contributed by atoms with van der Waals surface area (Å²) < 4.78 is 19.8. The van der Waals surface area contributed by atoms with Gasteiger partial charge in [-0.3, -0.25) is 4.79 Å². The van der Waals surface area contributed by atoms with Crippen LogP contribution in [0, 0.1) is 3.57 Å². The molecule has 37 heavy (non-hydrogen) atoms. The van der Waals surface area contributed by atoms with Crippen LogP contribution in [-0.2, 0) is 6.61 Å². The van der Waals surface area contributed by atoms with Crippen molar-refractivity contribution in [3.8, 4) is 11.5 Å². The molecule has 0 aliphatic heterocycles. The van der Waals surface area contributed by atoms with E-state index in [2.05, 4.69) is 65.0 Å². The second-order valence-electron chi connectivity index (χ2n) is 7.67. The summed E-state index contributed by atoms with van der Waals surface area (Å²) >= 11 is 8.97. The largest absolute Gasteiger partial charge is 0.490 e. The molecule has 8 nitrogen and oxygen atoms in total.